The lowest BCUT2D eigenvalue weighted by Crippen LogP contribution is -1.87. The number of benzene rings is 1. The summed E-state index contributed by atoms with van der Waals surface area (Å²) in [6.07, 6.45) is 0. The number of fused-ring (bicyclic) bond motifs is 1. The fourth-order valence-electron chi connectivity index (χ4n) is 1.21. The van der Waals surface area contributed by atoms with Gasteiger partial charge >= 0.3 is 0 Å². The Labute approximate surface area is 88.0 Å². The Morgan fingerprint density at radius 3 is 2.79 bits per heavy atom. The number of nitrogen functional groups attached to an aromatic ring is 1. The van der Waals surface area contributed by atoms with Gasteiger partial charge in [-0.2, -0.15) is 0 Å². The van der Waals surface area contributed by atoms with E-state index in [1.165, 1.54) is 17.4 Å². The van der Waals surface area contributed by atoms with Crippen LogP contribution in [0.25, 0.3) is 10.1 Å². The molecule has 14 heavy (non-hydrogen) atoms. The molecule has 0 aliphatic heterocycles. The van der Waals surface area contributed by atoms with Crippen LogP contribution < -0.4 is 5.73 Å². The molecule has 0 aliphatic carbocycles. The first kappa shape index (κ1) is 9.23. The van der Waals surface area contributed by atoms with Crippen LogP contribution in [-0.4, -0.2) is 4.92 Å². The molecule has 1 heterocycles. The maximum absolute atomic E-state index is 10.6. The molecule has 0 saturated heterocycles. The number of anilines is 1. The third kappa shape index (κ3) is 1.40. The van der Waals surface area contributed by atoms with Gasteiger partial charge in [0.15, 0.2) is 0 Å². The van der Waals surface area contributed by atoms with E-state index in [9.17, 15) is 10.1 Å². The van der Waals surface area contributed by atoms with E-state index in [0.717, 1.165) is 10.1 Å². The second-order valence-corrected chi connectivity index (χ2v) is 4.27. The standard InChI is InChI=1S/C8H5ClN2O2S/c9-5-3-7-4(2-8(10)14-7)1-6(5)11(12)13/h1-3H,10H2. The molecule has 2 N–H and O–H groups in total. The minimum absolute atomic E-state index is 0.0861. The highest BCUT2D eigenvalue weighted by Crippen LogP contribution is 2.35. The molecule has 0 aliphatic rings. The Balaban J connectivity index is 2.76. The van der Waals surface area contributed by atoms with Gasteiger partial charge in [0, 0.05) is 16.2 Å². The van der Waals surface area contributed by atoms with E-state index in [1.54, 1.807) is 12.1 Å². The largest absolute Gasteiger partial charge is 0.391 e. The van der Waals surface area contributed by atoms with Crippen molar-refractivity contribution >= 4 is 43.7 Å². The summed E-state index contributed by atoms with van der Waals surface area (Å²) in [5.41, 5.74) is 5.49. The average molecular weight is 229 g/mol. The molecule has 0 atom stereocenters. The highest BCUT2D eigenvalue weighted by molar-refractivity contribution is 7.22. The van der Waals surface area contributed by atoms with Crippen molar-refractivity contribution in [2.45, 2.75) is 0 Å². The molecule has 0 saturated carbocycles. The molecule has 72 valence electrons. The van der Waals surface area contributed by atoms with Crippen molar-refractivity contribution < 1.29 is 4.92 Å². The van der Waals surface area contributed by atoms with Gasteiger partial charge < -0.3 is 5.73 Å². The van der Waals surface area contributed by atoms with Crippen LogP contribution in [0.4, 0.5) is 10.7 Å². The van der Waals surface area contributed by atoms with Crippen molar-refractivity contribution in [3.8, 4) is 0 Å². The van der Waals surface area contributed by atoms with Crippen LogP contribution in [0.5, 0.6) is 0 Å². The molecule has 0 unspecified atom stereocenters. The van der Waals surface area contributed by atoms with Gasteiger partial charge in [0.2, 0.25) is 0 Å². The first-order valence-corrected chi connectivity index (χ1v) is 4.90. The Morgan fingerprint density at radius 2 is 2.14 bits per heavy atom. The molecule has 0 radical (unpaired) electrons. The summed E-state index contributed by atoms with van der Waals surface area (Å²) in [4.78, 5) is 10.1. The first-order valence-electron chi connectivity index (χ1n) is 3.71. The molecule has 1 aromatic heterocycles. The SMILES string of the molecule is Nc1cc2cc([N+](=O)[O-])c(Cl)cc2s1. The quantitative estimate of drug-likeness (QED) is 0.602. The van der Waals surface area contributed by atoms with E-state index in [2.05, 4.69) is 0 Å². The molecule has 2 aromatic rings. The Hall–Kier alpha value is -1.33. The summed E-state index contributed by atoms with van der Waals surface area (Å²) >= 11 is 7.09. The number of halogens is 1. The van der Waals surface area contributed by atoms with Gasteiger partial charge in [-0.25, -0.2) is 0 Å². The number of nitrogens with two attached hydrogens (primary N) is 1. The van der Waals surface area contributed by atoms with Crippen molar-refractivity contribution in [3.05, 3.63) is 33.3 Å². The molecule has 1 aromatic carbocycles. The van der Waals surface area contributed by atoms with E-state index in [1.807, 2.05) is 0 Å². The molecule has 6 heteroatoms. The predicted octanol–water partition coefficient (Wildman–Crippen LogP) is 3.05. The Bertz CT molecular complexity index is 523. The van der Waals surface area contributed by atoms with Gasteiger partial charge in [-0.3, -0.25) is 10.1 Å². The molecule has 4 nitrogen and oxygen atoms in total. The van der Waals surface area contributed by atoms with Crippen molar-refractivity contribution in [1.82, 2.24) is 0 Å². The maximum atomic E-state index is 10.6. The average Bonchev–Trinajstić information content (AvgIpc) is 2.42. The predicted molar refractivity (Wildman–Crippen MR) is 57.9 cm³/mol. The van der Waals surface area contributed by atoms with Crippen LogP contribution in [0.2, 0.25) is 5.02 Å². The zero-order valence-electron chi connectivity index (χ0n) is 6.86. The number of rotatable bonds is 1. The van der Waals surface area contributed by atoms with Crippen LogP contribution in [0, 0.1) is 10.1 Å². The fraction of sp³-hybridized carbons (Fsp3) is 0. The highest BCUT2D eigenvalue weighted by Gasteiger charge is 2.14. The van der Waals surface area contributed by atoms with Gasteiger partial charge in [0.25, 0.3) is 5.69 Å². The molecular formula is C8H5ClN2O2S. The lowest BCUT2D eigenvalue weighted by Gasteiger charge is -1.94. The molecule has 0 amide bonds. The summed E-state index contributed by atoms with van der Waals surface area (Å²) in [5.74, 6) is 0. The summed E-state index contributed by atoms with van der Waals surface area (Å²) < 4.78 is 0.859. The maximum Gasteiger partial charge on any atom is 0.288 e. The second kappa shape index (κ2) is 3.11. The zero-order valence-corrected chi connectivity index (χ0v) is 8.43. The fourth-order valence-corrected chi connectivity index (χ4v) is 2.36. The zero-order chi connectivity index (χ0) is 10.3. The highest BCUT2D eigenvalue weighted by atomic mass is 35.5. The summed E-state index contributed by atoms with van der Waals surface area (Å²) in [5, 5.41) is 12.1. The molecule has 0 bridgehead atoms. The monoisotopic (exact) mass is 228 g/mol. The lowest BCUT2D eigenvalue weighted by molar-refractivity contribution is -0.384. The van der Waals surface area contributed by atoms with Crippen LogP contribution in [0.15, 0.2) is 18.2 Å². The number of hydrogen-bond acceptors (Lipinski definition) is 4. The van der Waals surface area contributed by atoms with E-state index in [4.69, 9.17) is 17.3 Å². The molecule has 0 spiro atoms. The Kier molecular flexibility index (Phi) is 2.05. The van der Waals surface area contributed by atoms with Crippen LogP contribution in [0.3, 0.4) is 0 Å². The summed E-state index contributed by atoms with van der Waals surface area (Å²) in [7, 11) is 0. The number of nitro benzene ring substituents is 1. The van der Waals surface area contributed by atoms with E-state index in [0.29, 0.717) is 5.00 Å². The second-order valence-electron chi connectivity index (χ2n) is 2.75. The van der Waals surface area contributed by atoms with Crippen molar-refractivity contribution in [1.29, 1.82) is 0 Å². The van der Waals surface area contributed by atoms with Crippen molar-refractivity contribution in [2.24, 2.45) is 0 Å². The van der Waals surface area contributed by atoms with Gasteiger partial charge in [-0.1, -0.05) is 11.6 Å². The molecule has 0 fully saturated rings. The van der Waals surface area contributed by atoms with Crippen LogP contribution in [0.1, 0.15) is 0 Å². The van der Waals surface area contributed by atoms with Crippen molar-refractivity contribution in [3.63, 3.8) is 0 Å². The van der Waals surface area contributed by atoms with E-state index in [-0.39, 0.29) is 10.7 Å². The topological polar surface area (TPSA) is 69.2 Å². The number of thiophene rings is 1. The smallest absolute Gasteiger partial charge is 0.288 e. The number of nitrogens with zero attached hydrogens (tertiary/aromatic N) is 1. The van der Waals surface area contributed by atoms with Gasteiger partial charge in [-0.05, 0) is 12.1 Å². The van der Waals surface area contributed by atoms with Crippen LogP contribution >= 0.6 is 22.9 Å². The van der Waals surface area contributed by atoms with E-state index < -0.39 is 4.92 Å². The van der Waals surface area contributed by atoms with Gasteiger partial charge in [0.05, 0.1) is 9.92 Å². The summed E-state index contributed by atoms with van der Waals surface area (Å²) in [6, 6.07) is 4.70. The Morgan fingerprint density at radius 1 is 1.43 bits per heavy atom. The van der Waals surface area contributed by atoms with Gasteiger partial charge in [0.1, 0.15) is 5.02 Å². The van der Waals surface area contributed by atoms with Crippen LogP contribution in [-0.2, 0) is 0 Å². The third-order valence-electron chi connectivity index (χ3n) is 1.80. The van der Waals surface area contributed by atoms with Crippen molar-refractivity contribution in [2.75, 3.05) is 5.73 Å². The first-order chi connectivity index (χ1) is 6.58. The third-order valence-corrected chi connectivity index (χ3v) is 3.03. The minimum atomic E-state index is -0.504. The lowest BCUT2D eigenvalue weighted by atomic mass is 10.2. The number of nitro groups is 1. The minimum Gasteiger partial charge on any atom is -0.391 e. The number of hydrogen-bond donors (Lipinski definition) is 1. The molecule has 2 rings (SSSR count). The molecular weight excluding hydrogens is 224 g/mol. The summed E-state index contributed by atoms with van der Waals surface area (Å²) in [6.45, 7) is 0. The van der Waals surface area contributed by atoms with E-state index >= 15 is 0 Å². The van der Waals surface area contributed by atoms with Gasteiger partial charge in [-0.15, -0.1) is 11.3 Å². The normalized spacial score (nSPS) is 10.6.